The molecule has 0 atom stereocenters. The number of aryl methyl sites for hydroxylation is 1. The van der Waals surface area contributed by atoms with Crippen molar-refractivity contribution in [1.29, 1.82) is 0 Å². The van der Waals surface area contributed by atoms with E-state index in [0.29, 0.717) is 30.3 Å². The topological polar surface area (TPSA) is 78.7 Å². The summed E-state index contributed by atoms with van der Waals surface area (Å²) in [6, 6.07) is 24.5. The van der Waals surface area contributed by atoms with Crippen LogP contribution >= 0.6 is 0 Å². The van der Waals surface area contributed by atoms with E-state index in [4.69, 9.17) is 9.51 Å². The molecule has 0 aliphatic heterocycles. The van der Waals surface area contributed by atoms with E-state index in [1.165, 1.54) is 0 Å². The summed E-state index contributed by atoms with van der Waals surface area (Å²) in [5, 5.41) is 6.25. The van der Waals surface area contributed by atoms with Crippen LogP contribution in [0.4, 0.5) is 0 Å². The highest BCUT2D eigenvalue weighted by molar-refractivity contribution is 5.87. The third-order valence-corrected chi connectivity index (χ3v) is 6.64. The van der Waals surface area contributed by atoms with Crippen LogP contribution in [0, 0.1) is 6.92 Å². The van der Waals surface area contributed by atoms with Gasteiger partial charge in [-0.05, 0) is 40.1 Å². The highest BCUT2D eigenvalue weighted by Gasteiger charge is 2.18. The molecule has 7 heteroatoms. The number of pyridine rings is 1. The number of imidazole rings is 1. The molecule has 0 aliphatic rings. The number of benzene rings is 3. The van der Waals surface area contributed by atoms with Crippen LogP contribution in [0.3, 0.4) is 0 Å². The first-order chi connectivity index (χ1) is 18.0. The van der Waals surface area contributed by atoms with E-state index < -0.39 is 0 Å². The van der Waals surface area contributed by atoms with Gasteiger partial charge in [-0.15, -0.1) is 0 Å². The Kier molecular flexibility index (Phi) is 5.68. The molecule has 3 aromatic heterocycles. The van der Waals surface area contributed by atoms with Gasteiger partial charge in [0.05, 0.1) is 12.1 Å². The fourth-order valence-electron chi connectivity index (χ4n) is 4.83. The molecule has 37 heavy (non-hydrogen) atoms. The average molecular weight is 490 g/mol. The van der Waals surface area contributed by atoms with E-state index in [9.17, 15) is 4.79 Å². The van der Waals surface area contributed by atoms with Crippen molar-refractivity contribution in [3.63, 3.8) is 0 Å². The molecule has 0 aliphatic carbocycles. The Morgan fingerprint density at radius 3 is 2.43 bits per heavy atom. The van der Waals surface area contributed by atoms with Gasteiger partial charge in [-0.2, -0.15) is 4.98 Å². The van der Waals surface area contributed by atoms with Gasteiger partial charge in [0, 0.05) is 31.1 Å². The molecule has 6 rings (SSSR count). The molecule has 0 amide bonds. The molecule has 0 unspecified atom stereocenters. The van der Waals surface area contributed by atoms with E-state index in [1.807, 2.05) is 48.7 Å². The zero-order valence-electron chi connectivity index (χ0n) is 21.0. The SMILES string of the molecule is Cc1nc(-c2ccc3ccc(Cn4c(C(C)C)nc5ccn(Cc6ccccc6)c(=O)c54)cc3c2)no1. The van der Waals surface area contributed by atoms with E-state index in [-0.39, 0.29) is 11.5 Å². The maximum Gasteiger partial charge on any atom is 0.277 e. The highest BCUT2D eigenvalue weighted by Crippen LogP contribution is 2.26. The Bertz CT molecular complexity index is 1790. The molecule has 0 saturated heterocycles. The molecule has 0 radical (unpaired) electrons. The number of aromatic nitrogens is 5. The number of nitrogens with zero attached hydrogens (tertiary/aromatic N) is 5. The number of fused-ring (bicyclic) bond motifs is 2. The van der Waals surface area contributed by atoms with Crippen LogP contribution in [0.5, 0.6) is 0 Å². The quantitative estimate of drug-likeness (QED) is 0.290. The zero-order valence-corrected chi connectivity index (χ0v) is 21.0. The summed E-state index contributed by atoms with van der Waals surface area (Å²) in [5.74, 6) is 2.19. The first-order valence-electron chi connectivity index (χ1n) is 12.4. The van der Waals surface area contributed by atoms with Crippen LogP contribution in [0.25, 0.3) is 33.2 Å². The van der Waals surface area contributed by atoms with Crippen molar-refractivity contribution in [3.05, 3.63) is 112 Å². The van der Waals surface area contributed by atoms with E-state index in [2.05, 4.69) is 58.9 Å². The monoisotopic (exact) mass is 489 g/mol. The maximum absolute atomic E-state index is 13.7. The molecule has 0 saturated carbocycles. The van der Waals surface area contributed by atoms with Crippen molar-refractivity contribution in [1.82, 2.24) is 24.3 Å². The summed E-state index contributed by atoms with van der Waals surface area (Å²) in [6.07, 6.45) is 1.84. The van der Waals surface area contributed by atoms with Crippen LogP contribution in [-0.2, 0) is 13.1 Å². The van der Waals surface area contributed by atoms with Gasteiger partial charge >= 0.3 is 0 Å². The Morgan fingerprint density at radius 1 is 0.865 bits per heavy atom. The van der Waals surface area contributed by atoms with Gasteiger partial charge in [-0.25, -0.2) is 4.98 Å². The first-order valence-corrected chi connectivity index (χ1v) is 12.4. The van der Waals surface area contributed by atoms with Crippen molar-refractivity contribution < 1.29 is 4.52 Å². The van der Waals surface area contributed by atoms with Crippen LogP contribution in [0.1, 0.15) is 42.6 Å². The maximum atomic E-state index is 13.7. The Morgan fingerprint density at radius 2 is 1.68 bits per heavy atom. The van der Waals surface area contributed by atoms with Crippen LogP contribution in [0.15, 0.2) is 88.3 Å². The molecule has 3 heterocycles. The summed E-state index contributed by atoms with van der Waals surface area (Å²) in [5.41, 5.74) is 4.42. The van der Waals surface area contributed by atoms with Gasteiger partial charge < -0.3 is 13.7 Å². The molecular formula is C30H27N5O2. The summed E-state index contributed by atoms with van der Waals surface area (Å²) in [7, 11) is 0. The minimum Gasteiger partial charge on any atom is -0.339 e. The fraction of sp³-hybridized carbons (Fsp3) is 0.200. The van der Waals surface area contributed by atoms with Gasteiger partial charge in [-0.3, -0.25) is 4.79 Å². The third kappa shape index (κ3) is 4.33. The minimum atomic E-state index is -0.0312. The standard InChI is InChI=1S/C30H27N5O2/c1-19(2)29-32-26-13-14-34(17-21-7-5-4-6-8-21)30(36)27(26)35(29)18-22-9-10-23-11-12-24(16-25(23)15-22)28-31-20(3)37-33-28/h4-16,19H,17-18H2,1-3H3. The molecule has 6 aromatic rings. The van der Waals surface area contributed by atoms with Gasteiger partial charge in [-0.1, -0.05) is 73.6 Å². The normalized spacial score (nSPS) is 11.7. The lowest BCUT2D eigenvalue weighted by Crippen LogP contribution is -2.22. The molecule has 7 nitrogen and oxygen atoms in total. The second kappa shape index (κ2) is 9.17. The van der Waals surface area contributed by atoms with Crippen molar-refractivity contribution in [2.75, 3.05) is 0 Å². The average Bonchev–Trinajstić information content (AvgIpc) is 3.50. The molecule has 0 N–H and O–H groups in total. The third-order valence-electron chi connectivity index (χ3n) is 6.64. The Hall–Kier alpha value is -4.52. The van der Waals surface area contributed by atoms with Crippen LogP contribution < -0.4 is 5.56 Å². The van der Waals surface area contributed by atoms with Crippen molar-refractivity contribution >= 4 is 21.8 Å². The first kappa shape index (κ1) is 22.9. The molecule has 184 valence electrons. The summed E-state index contributed by atoms with van der Waals surface area (Å²) in [4.78, 5) is 22.9. The lowest BCUT2D eigenvalue weighted by Gasteiger charge is -2.13. The van der Waals surface area contributed by atoms with E-state index in [0.717, 1.165) is 38.8 Å². The van der Waals surface area contributed by atoms with Gasteiger partial charge in [0.25, 0.3) is 5.56 Å². The molecule has 0 bridgehead atoms. The van der Waals surface area contributed by atoms with Gasteiger partial charge in [0.1, 0.15) is 11.3 Å². The lowest BCUT2D eigenvalue weighted by atomic mass is 10.0. The largest absolute Gasteiger partial charge is 0.339 e. The minimum absolute atomic E-state index is 0.0312. The summed E-state index contributed by atoms with van der Waals surface area (Å²) in [6.45, 7) is 7.08. The zero-order chi connectivity index (χ0) is 25.5. The number of hydrogen-bond donors (Lipinski definition) is 0. The van der Waals surface area contributed by atoms with Crippen molar-refractivity contribution in [2.45, 2.75) is 39.8 Å². The molecule has 0 spiro atoms. The van der Waals surface area contributed by atoms with Gasteiger partial charge in [0.15, 0.2) is 0 Å². The molecular weight excluding hydrogens is 462 g/mol. The van der Waals surface area contributed by atoms with Crippen molar-refractivity contribution in [2.24, 2.45) is 0 Å². The van der Waals surface area contributed by atoms with Crippen LogP contribution in [-0.4, -0.2) is 24.3 Å². The van der Waals surface area contributed by atoms with Gasteiger partial charge in [0.2, 0.25) is 11.7 Å². The molecule has 0 fully saturated rings. The Labute approximate surface area is 214 Å². The lowest BCUT2D eigenvalue weighted by molar-refractivity contribution is 0.394. The predicted molar refractivity (Wildman–Crippen MR) is 145 cm³/mol. The summed E-state index contributed by atoms with van der Waals surface area (Å²) < 4.78 is 9.00. The smallest absolute Gasteiger partial charge is 0.277 e. The predicted octanol–water partition coefficient (Wildman–Crippen LogP) is 5.93. The molecule has 3 aromatic carbocycles. The second-order valence-electron chi connectivity index (χ2n) is 9.71. The number of hydrogen-bond acceptors (Lipinski definition) is 5. The van der Waals surface area contributed by atoms with Crippen LogP contribution in [0.2, 0.25) is 0 Å². The highest BCUT2D eigenvalue weighted by atomic mass is 16.5. The fourth-order valence-corrected chi connectivity index (χ4v) is 4.83. The summed E-state index contributed by atoms with van der Waals surface area (Å²) >= 11 is 0. The second-order valence-corrected chi connectivity index (χ2v) is 9.71. The van der Waals surface area contributed by atoms with E-state index in [1.54, 1.807) is 11.5 Å². The van der Waals surface area contributed by atoms with Crippen molar-refractivity contribution in [3.8, 4) is 11.4 Å². The Balaban J connectivity index is 1.43. The number of rotatable bonds is 6. The van der Waals surface area contributed by atoms with E-state index >= 15 is 0 Å².